The van der Waals surface area contributed by atoms with Crippen molar-refractivity contribution < 1.29 is 17.9 Å². The van der Waals surface area contributed by atoms with E-state index in [-0.39, 0.29) is 16.5 Å². The van der Waals surface area contributed by atoms with Crippen molar-refractivity contribution in [2.24, 2.45) is 5.92 Å². The minimum Gasteiger partial charge on any atom is -0.435 e. The molecule has 2 rings (SSSR count). The van der Waals surface area contributed by atoms with E-state index in [0.717, 1.165) is 5.56 Å². The topological polar surface area (TPSA) is 63.7 Å². The van der Waals surface area contributed by atoms with Crippen molar-refractivity contribution in [1.29, 1.82) is 0 Å². The number of hydrogen-bond donors (Lipinski definition) is 0. The molecule has 1 amide bonds. The highest BCUT2D eigenvalue weighted by atomic mass is 32.2. The predicted octanol–water partition coefficient (Wildman–Crippen LogP) is 3.23. The number of carbonyl (C=O) groups excluding carboxylic acids is 1. The van der Waals surface area contributed by atoms with Crippen molar-refractivity contribution in [3.63, 3.8) is 0 Å². The highest BCUT2D eigenvalue weighted by Gasteiger charge is 2.53. The Hall–Kier alpha value is -2.08. The summed E-state index contributed by atoms with van der Waals surface area (Å²) in [5, 5.41) is 0. The highest BCUT2D eigenvalue weighted by Crippen LogP contribution is 2.41. The standard InChI is InChI=1S/C16H19NO4S/c1-6-12(3)16(5)13(4)17(15(18)21-16)22(19,20)14-9-7-11(2)8-10-14/h6-10,12H,1,4H2,2-3,5H3/t12-,16-/m0/s1. The SMILES string of the molecule is C=C[C@H](C)[C@]1(C)OC(=O)N(S(=O)(=O)c2ccc(C)cc2)C1=C. The Bertz CT molecular complexity index is 736. The minimum absolute atomic E-state index is 0.0201. The van der Waals surface area contributed by atoms with E-state index in [1.807, 2.05) is 6.92 Å². The lowest BCUT2D eigenvalue weighted by atomic mass is 9.89. The summed E-state index contributed by atoms with van der Waals surface area (Å²) in [4.78, 5) is 12.2. The van der Waals surface area contributed by atoms with E-state index in [2.05, 4.69) is 13.2 Å². The van der Waals surface area contributed by atoms with Crippen molar-refractivity contribution in [3.8, 4) is 0 Å². The van der Waals surface area contributed by atoms with Gasteiger partial charge in [-0.15, -0.1) is 6.58 Å². The second-order valence-electron chi connectivity index (χ2n) is 5.53. The second-order valence-corrected chi connectivity index (χ2v) is 7.32. The molecule has 1 aromatic rings. The van der Waals surface area contributed by atoms with Crippen LogP contribution in [0.5, 0.6) is 0 Å². The molecule has 1 aliphatic rings. The van der Waals surface area contributed by atoms with Gasteiger partial charge in [0.1, 0.15) is 0 Å². The summed E-state index contributed by atoms with van der Waals surface area (Å²) >= 11 is 0. The van der Waals surface area contributed by atoms with Crippen LogP contribution < -0.4 is 0 Å². The first-order valence-corrected chi connectivity index (χ1v) is 8.25. The van der Waals surface area contributed by atoms with Gasteiger partial charge in [-0.3, -0.25) is 0 Å². The summed E-state index contributed by atoms with van der Waals surface area (Å²) in [6, 6.07) is 6.25. The molecule has 0 spiro atoms. The van der Waals surface area contributed by atoms with Gasteiger partial charge in [-0.25, -0.2) is 13.2 Å². The normalized spacial score (nSPS) is 23.3. The van der Waals surface area contributed by atoms with E-state index in [0.29, 0.717) is 4.31 Å². The van der Waals surface area contributed by atoms with Crippen LogP contribution in [0.15, 0.2) is 54.1 Å². The Labute approximate surface area is 130 Å². The number of ether oxygens (including phenoxy) is 1. The van der Waals surface area contributed by atoms with Crippen molar-refractivity contribution in [2.45, 2.75) is 31.3 Å². The van der Waals surface area contributed by atoms with E-state index in [1.165, 1.54) is 12.1 Å². The van der Waals surface area contributed by atoms with Crippen LogP contribution in [0.2, 0.25) is 0 Å². The number of aryl methyl sites for hydroxylation is 1. The van der Waals surface area contributed by atoms with E-state index in [4.69, 9.17) is 4.74 Å². The van der Waals surface area contributed by atoms with Crippen LogP contribution in [0.25, 0.3) is 0 Å². The molecule has 1 aliphatic heterocycles. The third-order valence-electron chi connectivity index (χ3n) is 4.06. The van der Waals surface area contributed by atoms with Crippen LogP contribution in [0, 0.1) is 12.8 Å². The van der Waals surface area contributed by atoms with Gasteiger partial charge in [0.25, 0.3) is 10.0 Å². The van der Waals surface area contributed by atoms with Crippen LogP contribution in [0.1, 0.15) is 19.4 Å². The van der Waals surface area contributed by atoms with Crippen molar-refractivity contribution >= 4 is 16.1 Å². The summed E-state index contributed by atoms with van der Waals surface area (Å²) in [6.07, 6.45) is 0.655. The molecule has 0 N–H and O–H groups in total. The minimum atomic E-state index is -4.04. The first-order valence-electron chi connectivity index (χ1n) is 6.81. The lowest BCUT2D eigenvalue weighted by Crippen LogP contribution is -2.36. The summed E-state index contributed by atoms with van der Waals surface area (Å²) in [7, 11) is -4.04. The monoisotopic (exact) mass is 321 g/mol. The fourth-order valence-corrected chi connectivity index (χ4v) is 3.63. The average Bonchev–Trinajstić information content (AvgIpc) is 2.69. The van der Waals surface area contributed by atoms with E-state index < -0.39 is 21.7 Å². The Morgan fingerprint density at radius 2 is 1.86 bits per heavy atom. The Morgan fingerprint density at radius 1 is 1.32 bits per heavy atom. The van der Waals surface area contributed by atoms with Gasteiger partial charge in [-0.05, 0) is 26.0 Å². The zero-order chi connectivity index (χ0) is 16.7. The molecule has 0 aliphatic carbocycles. The molecule has 6 heteroatoms. The zero-order valence-electron chi connectivity index (χ0n) is 12.9. The fraction of sp³-hybridized carbons (Fsp3) is 0.312. The maximum Gasteiger partial charge on any atom is 0.429 e. The van der Waals surface area contributed by atoms with Crippen LogP contribution in [-0.4, -0.2) is 24.4 Å². The molecule has 1 saturated heterocycles. The number of nitrogens with zero attached hydrogens (tertiary/aromatic N) is 1. The van der Waals surface area contributed by atoms with E-state index in [9.17, 15) is 13.2 Å². The first kappa shape index (κ1) is 16.3. The molecule has 2 atom stereocenters. The summed E-state index contributed by atoms with van der Waals surface area (Å²) in [6.45, 7) is 12.7. The van der Waals surface area contributed by atoms with Gasteiger partial charge in [-0.1, -0.05) is 37.3 Å². The molecule has 22 heavy (non-hydrogen) atoms. The van der Waals surface area contributed by atoms with Gasteiger partial charge in [0.2, 0.25) is 0 Å². The fourth-order valence-electron chi connectivity index (χ4n) is 2.23. The molecule has 0 saturated carbocycles. The van der Waals surface area contributed by atoms with Crippen LogP contribution in [-0.2, 0) is 14.8 Å². The zero-order valence-corrected chi connectivity index (χ0v) is 13.7. The van der Waals surface area contributed by atoms with Gasteiger partial charge in [-0.2, -0.15) is 4.31 Å². The van der Waals surface area contributed by atoms with Crippen molar-refractivity contribution in [3.05, 3.63) is 54.8 Å². The summed E-state index contributed by atoms with van der Waals surface area (Å²) in [5.74, 6) is -0.276. The van der Waals surface area contributed by atoms with E-state index in [1.54, 1.807) is 32.1 Å². The molecule has 0 unspecified atom stereocenters. The van der Waals surface area contributed by atoms with Crippen LogP contribution in [0.4, 0.5) is 4.79 Å². The largest absolute Gasteiger partial charge is 0.435 e. The van der Waals surface area contributed by atoms with Crippen molar-refractivity contribution in [2.75, 3.05) is 0 Å². The molecular formula is C16H19NO4S. The van der Waals surface area contributed by atoms with Crippen LogP contribution >= 0.6 is 0 Å². The molecule has 118 valence electrons. The number of rotatable bonds is 4. The third kappa shape index (κ3) is 2.33. The number of amides is 1. The molecule has 0 aromatic heterocycles. The molecule has 1 aromatic carbocycles. The van der Waals surface area contributed by atoms with Crippen LogP contribution in [0.3, 0.4) is 0 Å². The number of carbonyl (C=O) groups is 1. The third-order valence-corrected chi connectivity index (χ3v) is 5.78. The smallest absolute Gasteiger partial charge is 0.429 e. The average molecular weight is 321 g/mol. The van der Waals surface area contributed by atoms with Gasteiger partial charge < -0.3 is 4.74 Å². The predicted molar refractivity (Wildman–Crippen MR) is 83.6 cm³/mol. The Balaban J connectivity index is 2.48. The Kier molecular flexibility index (Phi) is 3.91. The molecular weight excluding hydrogens is 302 g/mol. The molecule has 0 bridgehead atoms. The molecule has 0 radical (unpaired) electrons. The number of sulfonamides is 1. The Morgan fingerprint density at radius 3 is 2.36 bits per heavy atom. The first-order chi connectivity index (χ1) is 10.1. The molecule has 1 heterocycles. The quantitative estimate of drug-likeness (QED) is 0.799. The number of cyclic esters (lactones) is 1. The number of benzene rings is 1. The highest BCUT2D eigenvalue weighted by molar-refractivity contribution is 7.89. The summed E-state index contributed by atoms with van der Waals surface area (Å²) < 4.78 is 31.3. The maximum atomic E-state index is 12.7. The number of hydrogen-bond acceptors (Lipinski definition) is 4. The van der Waals surface area contributed by atoms with Gasteiger partial charge in [0, 0.05) is 5.92 Å². The molecule has 5 nitrogen and oxygen atoms in total. The van der Waals surface area contributed by atoms with Gasteiger partial charge in [0.05, 0.1) is 10.6 Å². The van der Waals surface area contributed by atoms with Gasteiger partial charge in [0.15, 0.2) is 5.60 Å². The van der Waals surface area contributed by atoms with Gasteiger partial charge >= 0.3 is 6.09 Å². The lowest BCUT2D eigenvalue weighted by molar-refractivity contribution is 0.0579. The lowest BCUT2D eigenvalue weighted by Gasteiger charge is -2.28. The van der Waals surface area contributed by atoms with E-state index >= 15 is 0 Å². The summed E-state index contributed by atoms with van der Waals surface area (Å²) in [5.41, 5.74) is -0.117. The van der Waals surface area contributed by atoms with Crippen molar-refractivity contribution in [1.82, 2.24) is 4.31 Å². The molecule has 1 fully saturated rings. The maximum absolute atomic E-state index is 12.7. The second kappa shape index (κ2) is 5.28.